The number of esters is 1. The van der Waals surface area contributed by atoms with Crippen LogP contribution in [0.4, 0.5) is 5.69 Å². The third-order valence-corrected chi connectivity index (χ3v) is 5.95. The molecule has 3 atom stereocenters. The minimum absolute atomic E-state index is 0.218. The van der Waals surface area contributed by atoms with Gasteiger partial charge in [-0.3, -0.25) is 0 Å². The van der Waals surface area contributed by atoms with Gasteiger partial charge in [0, 0.05) is 17.0 Å². The predicted octanol–water partition coefficient (Wildman–Crippen LogP) is 5.45. The highest BCUT2D eigenvalue weighted by atomic mass is 16.5. The molecule has 1 aliphatic carbocycles. The molecular formula is C24H21NO2. The van der Waals surface area contributed by atoms with Gasteiger partial charge in [-0.05, 0) is 41.0 Å². The molecule has 0 saturated heterocycles. The summed E-state index contributed by atoms with van der Waals surface area (Å²) in [5.41, 5.74) is 4.42. The Morgan fingerprint density at radius 3 is 2.67 bits per heavy atom. The van der Waals surface area contributed by atoms with Crippen LogP contribution in [0.2, 0.25) is 0 Å². The smallest absolute Gasteiger partial charge is 0.337 e. The highest BCUT2D eigenvalue weighted by Gasteiger charge is 2.38. The lowest BCUT2D eigenvalue weighted by atomic mass is 9.76. The summed E-state index contributed by atoms with van der Waals surface area (Å²) in [5, 5.41) is 6.36. The minimum atomic E-state index is -0.296. The monoisotopic (exact) mass is 355 g/mol. The molecule has 0 spiro atoms. The number of nitrogens with one attached hydrogen (secondary N) is 1. The Balaban J connectivity index is 1.59. The van der Waals surface area contributed by atoms with Crippen molar-refractivity contribution in [3.63, 3.8) is 0 Å². The molecule has 1 N–H and O–H groups in total. The lowest BCUT2D eigenvalue weighted by Crippen LogP contribution is -2.29. The SMILES string of the molecule is COC(=O)c1ccc([C@H]2Nc3c(ccc4ccccc34)C3C=CCC32)cc1. The van der Waals surface area contributed by atoms with Crippen molar-refractivity contribution in [2.45, 2.75) is 18.4 Å². The Hall–Kier alpha value is -3.07. The number of methoxy groups -OCH3 is 1. The van der Waals surface area contributed by atoms with Gasteiger partial charge in [-0.2, -0.15) is 0 Å². The maximum Gasteiger partial charge on any atom is 0.337 e. The number of fused-ring (bicyclic) bond motifs is 5. The highest BCUT2D eigenvalue weighted by molar-refractivity contribution is 5.96. The Labute approximate surface area is 158 Å². The summed E-state index contributed by atoms with van der Waals surface area (Å²) in [5.74, 6) is 0.619. The van der Waals surface area contributed by atoms with Crippen molar-refractivity contribution in [1.82, 2.24) is 0 Å². The first-order chi connectivity index (χ1) is 13.3. The lowest BCUT2D eigenvalue weighted by Gasteiger charge is -2.38. The van der Waals surface area contributed by atoms with E-state index in [-0.39, 0.29) is 12.0 Å². The molecule has 3 aromatic rings. The van der Waals surface area contributed by atoms with E-state index in [4.69, 9.17) is 4.74 Å². The molecule has 0 saturated carbocycles. The molecule has 134 valence electrons. The topological polar surface area (TPSA) is 38.3 Å². The van der Waals surface area contributed by atoms with Gasteiger partial charge in [0.2, 0.25) is 0 Å². The van der Waals surface area contributed by atoms with Gasteiger partial charge in [-0.15, -0.1) is 0 Å². The number of anilines is 1. The van der Waals surface area contributed by atoms with Gasteiger partial charge in [0.1, 0.15) is 0 Å². The highest BCUT2D eigenvalue weighted by Crippen LogP contribution is 2.51. The number of rotatable bonds is 2. The van der Waals surface area contributed by atoms with E-state index in [2.05, 4.69) is 66.0 Å². The summed E-state index contributed by atoms with van der Waals surface area (Å²) in [6, 6.07) is 21.1. The number of hydrogen-bond acceptors (Lipinski definition) is 3. The van der Waals surface area contributed by atoms with Crippen LogP contribution < -0.4 is 5.32 Å². The first-order valence-electron chi connectivity index (χ1n) is 9.39. The summed E-state index contributed by atoms with van der Waals surface area (Å²) in [7, 11) is 1.41. The van der Waals surface area contributed by atoms with Crippen LogP contribution in [0.15, 0.2) is 72.8 Å². The average Bonchev–Trinajstić information content (AvgIpc) is 3.22. The van der Waals surface area contributed by atoms with Gasteiger partial charge in [0.25, 0.3) is 0 Å². The fourth-order valence-corrected chi connectivity index (χ4v) is 4.61. The van der Waals surface area contributed by atoms with Crippen molar-refractivity contribution in [1.29, 1.82) is 0 Å². The van der Waals surface area contributed by atoms with Crippen LogP contribution in [0.3, 0.4) is 0 Å². The van der Waals surface area contributed by atoms with Crippen LogP contribution in [0.1, 0.15) is 39.9 Å². The molecule has 3 heteroatoms. The third kappa shape index (κ3) is 2.54. The van der Waals surface area contributed by atoms with Crippen molar-refractivity contribution in [3.05, 3.63) is 89.5 Å². The van der Waals surface area contributed by atoms with E-state index in [1.807, 2.05) is 12.1 Å². The second-order valence-electron chi connectivity index (χ2n) is 7.34. The third-order valence-electron chi connectivity index (χ3n) is 5.95. The maximum absolute atomic E-state index is 11.7. The zero-order valence-electron chi connectivity index (χ0n) is 15.2. The number of ether oxygens (including phenoxy) is 1. The van der Waals surface area contributed by atoms with Crippen molar-refractivity contribution in [3.8, 4) is 0 Å². The van der Waals surface area contributed by atoms with Crippen LogP contribution >= 0.6 is 0 Å². The van der Waals surface area contributed by atoms with E-state index < -0.39 is 0 Å². The lowest BCUT2D eigenvalue weighted by molar-refractivity contribution is 0.0600. The van der Waals surface area contributed by atoms with Crippen LogP contribution in [0.5, 0.6) is 0 Å². The maximum atomic E-state index is 11.7. The van der Waals surface area contributed by atoms with Gasteiger partial charge < -0.3 is 10.1 Å². The Kier molecular flexibility index (Phi) is 3.75. The number of benzene rings is 3. The molecule has 0 aromatic heterocycles. The molecule has 27 heavy (non-hydrogen) atoms. The molecule has 0 amide bonds. The number of carbonyl (C=O) groups excluding carboxylic acids is 1. The molecule has 5 rings (SSSR count). The molecule has 3 aromatic carbocycles. The van der Waals surface area contributed by atoms with Crippen molar-refractivity contribution in [2.24, 2.45) is 5.92 Å². The first kappa shape index (κ1) is 16.1. The Morgan fingerprint density at radius 1 is 1.04 bits per heavy atom. The van der Waals surface area contributed by atoms with Gasteiger partial charge in [-0.25, -0.2) is 4.79 Å². The van der Waals surface area contributed by atoms with E-state index in [1.165, 1.54) is 34.7 Å². The number of hydrogen-bond donors (Lipinski definition) is 1. The Bertz CT molecular complexity index is 1050. The van der Waals surface area contributed by atoms with E-state index in [0.717, 1.165) is 6.42 Å². The first-order valence-corrected chi connectivity index (χ1v) is 9.39. The summed E-state index contributed by atoms with van der Waals surface area (Å²) in [6.07, 6.45) is 5.72. The fraction of sp³-hybridized carbons (Fsp3) is 0.208. The average molecular weight is 355 g/mol. The standard InChI is InChI=1S/C24H21NO2/c1-27-24(26)17-11-9-16(10-12-17)22-20-8-4-7-19(20)21-14-13-15-5-2-3-6-18(15)23(21)25-22/h2-7,9-14,19-20,22,25H,8H2,1H3/t19?,20?,22-/m1/s1. The number of carbonyl (C=O) groups is 1. The molecule has 0 radical (unpaired) electrons. The summed E-state index contributed by atoms with van der Waals surface area (Å²) >= 11 is 0. The summed E-state index contributed by atoms with van der Waals surface area (Å²) < 4.78 is 4.82. The van der Waals surface area contributed by atoms with Crippen LogP contribution in [0, 0.1) is 5.92 Å². The zero-order valence-corrected chi connectivity index (χ0v) is 15.2. The van der Waals surface area contributed by atoms with Crippen molar-refractivity contribution in [2.75, 3.05) is 12.4 Å². The van der Waals surface area contributed by atoms with E-state index in [9.17, 15) is 4.79 Å². The second-order valence-corrected chi connectivity index (χ2v) is 7.34. The molecule has 3 nitrogen and oxygen atoms in total. The van der Waals surface area contributed by atoms with E-state index in [1.54, 1.807) is 0 Å². The van der Waals surface area contributed by atoms with Gasteiger partial charge >= 0.3 is 5.97 Å². The predicted molar refractivity (Wildman–Crippen MR) is 108 cm³/mol. The quantitative estimate of drug-likeness (QED) is 0.490. The molecule has 0 fully saturated rings. The molecular weight excluding hydrogens is 334 g/mol. The van der Waals surface area contributed by atoms with Crippen LogP contribution in [-0.4, -0.2) is 13.1 Å². The largest absolute Gasteiger partial charge is 0.465 e. The van der Waals surface area contributed by atoms with Crippen molar-refractivity contribution < 1.29 is 9.53 Å². The van der Waals surface area contributed by atoms with Crippen molar-refractivity contribution >= 4 is 22.4 Å². The molecule has 1 aliphatic heterocycles. The van der Waals surface area contributed by atoms with Gasteiger partial charge in [-0.1, -0.05) is 60.7 Å². The summed E-state index contributed by atoms with van der Waals surface area (Å²) in [6.45, 7) is 0. The molecule has 0 bridgehead atoms. The van der Waals surface area contributed by atoms with Gasteiger partial charge in [0.15, 0.2) is 0 Å². The Morgan fingerprint density at radius 2 is 1.85 bits per heavy atom. The van der Waals surface area contributed by atoms with E-state index >= 15 is 0 Å². The fourth-order valence-electron chi connectivity index (χ4n) is 4.61. The minimum Gasteiger partial charge on any atom is -0.465 e. The molecule has 1 heterocycles. The second kappa shape index (κ2) is 6.27. The zero-order chi connectivity index (χ0) is 18.4. The normalized spacial score (nSPS) is 22.8. The molecule has 2 aliphatic rings. The van der Waals surface area contributed by atoms with Crippen LogP contribution in [0.25, 0.3) is 10.8 Å². The van der Waals surface area contributed by atoms with Gasteiger partial charge in [0.05, 0.1) is 18.7 Å². The summed E-state index contributed by atoms with van der Waals surface area (Å²) in [4.78, 5) is 11.7. The van der Waals surface area contributed by atoms with E-state index in [0.29, 0.717) is 17.4 Å². The van der Waals surface area contributed by atoms with Crippen LogP contribution in [-0.2, 0) is 4.74 Å². The molecule has 2 unspecified atom stereocenters. The number of allylic oxidation sites excluding steroid dienone is 2.